The molecule has 0 fully saturated rings. The molecule has 1 heterocycles. The standard InChI is InChI=1S/C24H17FN6O6/c25-17-11-9-14(10-12-17)20-19(16-7-4-8-18(13-16)31(36)37)21(30(28-20)29-24(34)35)23(33)27-26-22(32)15-5-2-1-3-6-15/h1-13,29H,(H,26,32)(H,27,33)(H,34,35). The van der Waals surface area contributed by atoms with E-state index in [1.54, 1.807) is 18.2 Å². The maximum absolute atomic E-state index is 13.6. The lowest BCUT2D eigenvalue weighted by Gasteiger charge is -2.11. The first-order chi connectivity index (χ1) is 17.7. The van der Waals surface area contributed by atoms with Gasteiger partial charge in [0.15, 0.2) is 5.69 Å². The number of carbonyl (C=O) groups is 3. The largest absolute Gasteiger partial charge is 0.464 e. The molecule has 0 unspecified atom stereocenters. The maximum Gasteiger partial charge on any atom is 0.425 e. The number of aromatic nitrogens is 2. The monoisotopic (exact) mass is 504 g/mol. The van der Waals surface area contributed by atoms with Gasteiger partial charge < -0.3 is 5.11 Å². The predicted octanol–water partition coefficient (Wildman–Crippen LogP) is 3.56. The summed E-state index contributed by atoms with van der Waals surface area (Å²) in [6, 6.07) is 18.2. The number of hydrogen-bond donors (Lipinski definition) is 4. The van der Waals surface area contributed by atoms with E-state index in [9.17, 15) is 34.0 Å². The van der Waals surface area contributed by atoms with Crippen molar-refractivity contribution in [3.8, 4) is 22.4 Å². The predicted molar refractivity (Wildman–Crippen MR) is 128 cm³/mol. The number of rotatable bonds is 6. The molecule has 4 aromatic rings. The van der Waals surface area contributed by atoms with E-state index in [0.29, 0.717) is 4.79 Å². The first-order valence-corrected chi connectivity index (χ1v) is 10.5. The van der Waals surface area contributed by atoms with Gasteiger partial charge in [0.1, 0.15) is 11.5 Å². The minimum Gasteiger partial charge on any atom is -0.464 e. The molecule has 1 aromatic heterocycles. The number of amides is 3. The van der Waals surface area contributed by atoms with E-state index >= 15 is 0 Å². The van der Waals surface area contributed by atoms with Crippen LogP contribution in [0.5, 0.6) is 0 Å². The molecule has 0 aliphatic carbocycles. The number of hydrogen-bond acceptors (Lipinski definition) is 6. The van der Waals surface area contributed by atoms with Crippen molar-refractivity contribution in [3.63, 3.8) is 0 Å². The molecule has 0 spiro atoms. The van der Waals surface area contributed by atoms with E-state index in [0.717, 1.165) is 12.1 Å². The lowest BCUT2D eigenvalue weighted by molar-refractivity contribution is -0.384. The highest BCUT2D eigenvalue weighted by Crippen LogP contribution is 2.36. The molecule has 186 valence electrons. The fraction of sp³-hybridized carbons (Fsp3) is 0. The van der Waals surface area contributed by atoms with Gasteiger partial charge in [-0.05, 0) is 42.0 Å². The van der Waals surface area contributed by atoms with Crippen LogP contribution in [0.25, 0.3) is 22.4 Å². The Morgan fingerprint density at radius 1 is 0.892 bits per heavy atom. The highest BCUT2D eigenvalue weighted by atomic mass is 19.1. The average Bonchev–Trinajstić information content (AvgIpc) is 3.26. The maximum atomic E-state index is 13.6. The van der Waals surface area contributed by atoms with Gasteiger partial charge >= 0.3 is 6.09 Å². The second kappa shape index (κ2) is 10.4. The van der Waals surface area contributed by atoms with E-state index in [1.807, 2.05) is 5.43 Å². The van der Waals surface area contributed by atoms with Gasteiger partial charge in [-0.15, -0.1) is 0 Å². The molecule has 37 heavy (non-hydrogen) atoms. The number of nitro benzene ring substituents is 1. The zero-order chi connectivity index (χ0) is 26.5. The van der Waals surface area contributed by atoms with E-state index in [4.69, 9.17) is 0 Å². The quantitative estimate of drug-likeness (QED) is 0.230. The minimum absolute atomic E-state index is 0.00415. The molecule has 0 saturated heterocycles. The fourth-order valence-corrected chi connectivity index (χ4v) is 3.49. The van der Waals surface area contributed by atoms with Gasteiger partial charge in [0, 0.05) is 28.8 Å². The van der Waals surface area contributed by atoms with E-state index in [2.05, 4.69) is 16.0 Å². The van der Waals surface area contributed by atoms with Crippen LogP contribution in [0.2, 0.25) is 0 Å². The Morgan fingerprint density at radius 3 is 2.22 bits per heavy atom. The highest BCUT2D eigenvalue weighted by Gasteiger charge is 2.28. The summed E-state index contributed by atoms with van der Waals surface area (Å²) >= 11 is 0. The smallest absolute Gasteiger partial charge is 0.425 e. The van der Waals surface area contributed by atoms with Crippen molar-refractivity contribution < 1.29 is 28.8 Å². The van der Waals surface area contributed by atoms with E-state index in [-0.39, 0.29) is 33.6 Å². The molecule has 3 amide bonds. The third-order valence-corrected chi connectivity index (χ3v) is 5.09. The van der Waals surface area contributed by atoms with Gasteiger partial charge in [0.2, 0.25) is 0 Å². The van der Waals surface area contributed by atoms with Crippen LogP contribution in [0.15, 0.2) is 78.9 Å². The molecular weight excluding hydrogens is 487 g/mol. The Morgan fingerprint density at radius 2 is 1.57 bits per heavy atom. The first-order valence-electron chi connectivity index (χ1n) is 10.5. The zero-order valence-corrected chi connectivity index (χ0v) is 18.7. The molecule has 0 aliphatic rings. The Balaban J connectivity index is 1.85. The Labute approximate surface area is 207 Å². The summed E-state index contributed by atoms with van der Waals surface area (Å²) in [7, 11) is 0. The summed E-state index contributed by atoms with van der Waals surface area (Å²) in [6.45, 7) is 0. The van der Waals surface area contributed by atoms with Crippen molar-refractivity contribution in [2.24, 2.45) is 0 Å². The molecule has 0 saturated carbocycles. The van der Waals surface area contributed by atoms with Crippen LogP contribution in [0.3, 0.4) is 0 Å². The number of nitro groups is 1. The minimum atomic E-state index is -1.57. The van der Waals surface area contributed by atoms with Gasteiger partial charge in [0.25, 0.3) is 17.5 Å². The highest BCUT2D eigenvalue weighted by molar-refractivity contribution is 6.05. The summed E-state index contributed by atoms with van der Waals surface area (Å²) in [6.07, 6.45) is -1.57. The van der Waals surface area contributed by atoms with Crippen molar-refractivity contribution in [2.75, 3.05) is 5.43 Å². The number of benzene rings is 3. The van der Waals surface area contributed by atoms with Crippen molar-refractivity contribution in [2.45, 2.75) is 0 Å². The second-order valence-corrected chi connectivity index (χ2v) is 7.49. The molecule has 0 atom stereocenters. The number of carbonyl (C=O) groups excluding carboxylic acids is 2. The molecular formula is C24H17FN6O6. The van der Waals surface area contributed by atoms with Crippen LogP contribution >= 0.6 is 0 Å². The van der Waals surface area contributed by atoms with Crippen LogP contribution in [-0.2, 0) is 0 Å². The second-order valence-electron chi connectivity index (χ2n) is 7.49. The number of nitrogens with one attached hydrogen (secondary N) is 3. The van der Waals surface area contributed by atoms with Gasteiger partial charge in [-0.3, -0.25) is 30.6 Å². The van der Waals surface area contributed by atoms with Gasteiger partial charge in [-0.2, -0.15) is 9.89 Å². The topological polar surface area (TPSA) is 168 Å². The summed E-state index contributed by atoms with van der Waals surface area (Å²) < 4.78 is 13.6. The number of nitrogens with zero attached hydrogens (tertiary/aromatic N) is 3. The van der Waals surface area contributed by atoms with Crippen molar-refractivity contribution in [1.82, 2.24) is 20.7 Å². The average molecular weight is 504 g/mol. The molecule has 0 bridgehead atoms. The molecule has 12 nitrogen and oxygen atoms in total. The molecule has 3 aromatic carbocycles. The van der Waals surface area contributed by atoms with Crippen molar-refractivity contribution >= 4 is 23.6 Å². The van der Waals surface area contributed by atoms with Crippen LogP contribution in [0, 0.1) is 15.9 Å². The van der Waals surface area contributed by atoms with Crippen molar-refractivity contribution in [1.29, 1.82) is 0 Å². The first kappa shape index (κ1) is 24.5. The van der Waals surface area contributed by atoms with E-state index < -0.39 is 34.3 Å². The number of hydrazine groups is 1. The fourth-order valence-electron chi connectivity index (χ4n) is 3.49. The third-order valence-electron chi connectivity index (χ3n) is 5.09. The van der Waals surface area contributed by atoms with Crippen LogP contribution in [0.1, 0.15) is 20.8 Å². The Hall–Kier alpha value is -5.59. The number of non-ortho nitro benzene ring substituents is 1. The Bertz CT molecular complexity index is 1500. The van der Waals surface area contributed by atoms with E-state index in [1.165, 1.54) is 48.5 Å². The zero-order valence-electron chi connectivity index (χ0n) is 18.7. The lowest BCUT2D eigenvalue weighted by Crippen LogP contribution is -2.43. The summed E-state index contributed by atoms with van der Waals surface area (Å²) in [5.74, 6) is -2.19. The van der Waals surface area contributed by atoms with Gasteiger partial charge in [-0.1, -0.05) is 30.3 Å². The third kappa shape index (κ3) is 5.40. The number of carboxylic acid groups (broad SMARTS) is 1. The number of halogens is 1. The molecule has 4 rings (SSSR count). The SMILES string of the molecule is O=C(O)Nn1nc(-c2ccc(F)cc2)c(-c2cccc([N+](=O)[O-])c2)c1C(=O)NNC(=O)c1ccccc1. The van der Waals surface area contributed by atoms with Crippen LogP contribution in [-0.4, -0.2) is 37.8 Å². The molecule has 0 aliphatic heterocycles. The summed E-state index contributed by atoms with van der Waals surface area (Å²) in [5, 5.41) is 24.9. The molecule has 4 N–H and O–H groups in total. The van der Waals surface area contributed by atoms with Gasteiger partial charge in [0.05, 0.1) is 4.92 Å². The normalized spacial score (nSPS) is 10.4. The van der Waals surface area contributed by atoms with Gasteiger partial charge in [-0.25, -0.2) is 14.6 Å². The van der Waals surface area contributed by atoms with Crippen molar-refractivity contribution in [3.05, 3.63) is 106 Å². The van der Waals surface area contributed by atoms with Crippen LogP contribution in [0.4, 0.5) is 14.9 Å². The summed E-state index contributed by atoms with van der Waals surface area (Å²) in [4.78, 5) is 48.6. The Kier molecular flexibility index (Phi) is 6.86. The lowest BCUT2D eigenvalue weighted by atomic mass is 9.98. The molecule has 13 heteroatoms. The summed E-state index contributed by atoms with van der Waals surface area (Å²) in [5.41, 5.74) is 6.40. The molecule has 0 radical (unpaired) electrons. The van der Waals surface area contributed by atoms with Crippen LogP contribution < -0.4 is 16.3 Å².